The molecule has 0 saturated carbocycles. The first-order valence-electron chi connectivity index (χ1n) is 8.11. The molecule has 1 aromatic heterocycles. The Labute approximate surface area is 136 Å². The van der Waals surface area contributed by atoms with Crippen molar-refractivity contribution in [3.8, 4) is 5.88 Å². The molecule has 0 bridgehead atoms. The number of aromatic amines is 1. The summed E-state index contributed by atoms with van der Waals surface area (Å²) in [4.78, 5) is 30.8. The third-order valence-electron chi connectivity index (χ3n) is 3.60. The van der Waals surface area contributed by atoms with Gasteiger partial charge in [-0.05, 0) is 12.8 Å². The Hall–Kier alpha value is -1.89. The zero-order valence-corrected chi connectivity index (χ0v) is 14.8. The van der Waals surface area contributed by atoms with Crippen molar-refractivity contribution in [2.75, 3.05) is 34.2 Å². The highest BCUT2D eigenvalue weighted by atomic mass is 16.3. The van der Waals surface area contributed by atoms with Gasteiger partial charge in [0.15, 0.2) is 0 Å². The quantitative estimate of drug-likeness (QED) is 0.551. The van der Waals surface area contributed by atoms with E-state index in [0.717, 1.165) is 23.9 Å². The number of aromatic nitrogens is 2. The van der Waals surface area contributed by atoms with Crippen LogP contribution in [-0.2, 0) is 6.54 Å². The maximum atomic E-state index is 12.1. The van der Waals surface area contributed by atoms with Crippen LogP contribution in [0.25, 0.3) is 0 Å². The highest BCUT2D eigenvalue weighted by Crippen LogP contribution is 2.14. The van der Waals surface area contributed by atoms with Crippen LogP contribution in [0.15, 0.2) is 14.6 Å². The van der Waals surface area contributed by atoms with E-state index in [9.17, 15) is 14.7 Å². The molecule has 23 heavy (non-hydrogen) atoms. The fourth-order valence-electron chi connectivity index (χ4n) is 2.20. The topological polar surface area (TPSA) is 87.4 Å². The molecular weight excluding hydrogens is 296 g/mol. The molecule has 0 amide bonds. The number of hydrogen-bond acceptors (Lipinski definition) is 4. The van der Waals surface area contributed by atoms with E-state index >= 15 is 0 Å². The minimum absolute atomic E-state index is 0.115. The minimum atomic E-state index is -0.578. The van der Waals surface area contributed by atoms with Gasteiger partial charge in [-0.2, -0.15) is 0 Å². The molecule has 0 aliphatic heterocycles. The number of likely N-dealkylation sites (N-methyl/N-ethyl adjacent to an activating group) is 1. The van der Waals surface area contributed by atoms with Crippen LogP contribution in [0.3, 0.4) is 0 Å². The number of rotatable bonds is 8. The second kappa shape index (κ2) is 8.10. The first-order valence-corrected chi connectivity index (χ1v) is 8.11. The summed E-state index contributed by atoms with van der Waals surface area (Å²) in [5.41, 5.74) is -0.510. The van der Waals surface area contributed by atoms with Gasteiger partial charge in [0, 0.05) is 6.54 Å². The van der Waals surface area contributed by atoms with Crippen molar-refractivity contribution in [3.05, 3.63) is 26.4 Å². The molecule has 1 rings (SSSR count). The molecule has 0 aliphatic carbocycles. The third-order valence-corrected chi connectivity index (χ3v) is 3.60. The van der Waals surface area contributed by atoms with Crippen LogP contribution < -0.4 is 11.2 Å². The highest BCUT2D eigenvalue weighted by Gasteiger charge is 2.18. The Bertz CT molecular complexity index is 665. The summed E-state index contributed by atoms with van der Waals surface area (Å²) < 4.78 is 1.98. The summed E-state index contributed by atoms with van der Waals surface area (Å²) in [5.74, 6) is -0.280. The van der Waals surface area contributed by atoms with E-state index in [1.165, 1.54) is 4.57 Å². The second-order valence-electron chi connectivity index (χ2n) is 6.66. The van der Waals surface area contributed by atoms with Crippen LogP contribution in [0.5, 0.6) is 5.88 Å². The van der Waals surface area contributed by atoms with Crippen molar-refractivity contribution in [2.45, 2.75) is 39.7 Å². The van der Waals surface area contributed by atoms with Gasteiger partial charge in [-0.3, -0.25) is 19.3 Å². The van der Waals surface area contributed by atoms with Gasteiger partial charge in [0.1, 0.15) is 5.56 Å². The third kappa shape index (κ3) is 5.35. The molecule has 0 spiro atoms. The van der Waals surface area contributed by atoms with Crippen molar-refractivity contribution in [3.63, 3.8) is 0 Å². The van der Waals surface area contributed by atoms with E-state index in [0.29, 0.717) is 25.2 Å². The first-order chi connectivity index (χ1) is 10.7. The lowest BCUT2D eigenvalue weighted by molar-refractivity contribution is -0.868. The number of nitrogens with one attached hydrogen (secondary N) is 1. The standard InChI is InChI=1S/C16H28N4O3/c1-6-8-10-19-15(22)13(14(21)18-16(19)23)12(7-2)17-9-11-20(3,4)5/h6-11H2,1-5H3,(H-,17,18,21,22,23)/p+1. The summed E-state index contributed by atoms with van der Waals surface area (Å²) in [6, 6.07) is 0. The average molecular weight is 325 g/mol. The van der Waals surface area contributed by atoms with E-state index in [-0.39, 0.29) is 11.4 Å². The SMILES string of the molecule is CCCCn1c(O)c(C(CC)=NCC[N+](C)(C)C)c(=O)[nH]c1=O. The van der Waals surface area contributed by atoms with Gasteiger partial charge >= 0.3 is 5.69 Å². The molecule has 0 aromatic carbocycles. The van der Waals surface area contributed by atoms with Crippen LogP contribution in [0.4, 0.5) is 0 Å². The van der Waals surface area contributed by atoms with E-state index in [4.69, 9.17) is 0 Å². The Morgan fingerprint density at radius 3 is 2.43 bits per heavy atom. The van der Waals surface area contributed by atoms with Crippen molar-refractivity contribution >= 4 is 5.71 Å². The molecule has 1 aromatic rings. The molecule has 7 heteroatoms. The van der Waals surface area contributed by atoms with Crippen molar-refractivity contribution < 1.29 is 9.59 Å². The van der Waals surface area contributed by atoms with E-state index in [1.54, 1.807) is 0 Å². The lowest BCUT2D eigenvalue weighted by Gasteiger charge is -2.22. The number of quaternary nitrogens is 1. The minimum Gasteiger partial charge on any atom is -0.494 e. The summed E-state index contributed by atoms with van der Waals surface area (Å²) in [6.07, 6.45) is 2.15. The molecule has 130 valence electrons. The predicted molar refractivity (Wildman–Crippen MR) is 92.5 cm³/mol. The van der Waals surface area contributed by atoms with Crippen molar-refractivity contribution in [1.82, 2.24) is 9.55 Å². The lowest BCUT2D eigenvalue weighted by Crippen LogP contribution is -2.37. The van der Waals surface area contributed by atoms with E-state index in [1.807, 2.05) is 13.8 Å². The Balaban J connectivity index is 3.25. The molecule has 7 nitrogen and oxygen atoms in total. The molecule has 0 atom stereocenters. The molecule has 1 heterocycles. The van der Waals surface area contributed by atoms with Crippen LogP contribution >= 0.6 is 0 Å². The van der Waals surface area contributed by atoms with E-state index in [2.05, 4.69) is 31.1 Å². The van der Waals surface area contributed by atoms with Crippen molar-refractivity contribution in [2.24, 2.45) is 4.99 Å². The smallest absolute Gasteiger partial charge is 0.331 e. The second-order valence-corrected chi connectivity index (χ2v) is 6.66. The Kier molecular flexibility index (Phi) is 6.75. The maximum Gasteiger partial charge on any atom is 0.331 e. The Morgan fingerprint density at radius 2 is 1.91 bits per heavy atom. The van der Waals surface area contributed by atoms with Gasteiger partial charge in [0.2, 0.25) is 5.88 Å². The maximum absolute atomic E-state index is 12.1. The number of hydrogen-bond donors (Lipinski definition) is 2. The van der Waals surface area contributed by atoms with Crippen LogP contribution in [0.2, 0.25) is 0 Å². The predicted octanol–water partition coefficient (Wildman–Crippen LogP) is 0.948. The van der Waals surface area contributed by atoms with Gasteiger partial charge in [-0.15, -0.1) is 0 Å². The molecule has 0 fully saturated rings. The summed E-state index contributed by atoms with van der Waals surface area (Å²) in [7, 11) is 6.20. The monoisotopic (exact) mass is 325 g/mol. The largest absolute Gasteiger partial charge is 0.494 e. The van der Waals surface area contributed by atoms with Gasteiger partial charge in [0.25, 0.3) is 5.56 Å². The molecule has 2 N–H and O–H groups in total. The van der Waals surface area contributed by atoms with Crippen LogP contribution in [0.1, 0.15) is 38.7 Å². The molecule has 0 saturated heterocycles. The van der Waals surface area contributed by atoms with Crippen molar-refractivity contribution in [1.29, 1.82) is 0 Å². The molecule has 0 radical (unpaired) electrons. The number of aromatic hydroxyl groups is 1. The number of H-pyrrole nitrogens is 1. The first kappa shape index (κ1) is 19.2. The lowest BCUT2D eigenvalue weighted by atomic mass is 10.1. The normalized spacial score (nSPS) is 12.7. The fraction of sp³-hybridized carbons (Fsp3) is 0.688. The summed E-state index contributed by atoms with van der Waals surface area (Å²) >= 11 is 0. The Morgan fingerprint density at radius 1 is 1.26 bits per heavy atom. The molecule has 0 aliphatic rings. The van der Waals surface area contributed by atoms with Crippen LogP contribution in [0, 0.1) is 0 Å². The highest BCUT2D eigenvalue weighted by molar-refractivity contribution is 6.01. The number of unbranched alkanes of at least 4 members (excludes halogenated alkanes) is 1. The van der Waals surface area contributed by atoms with E-state index < -0.39 is 11.2 Å². The zero-order valence-electron chi connectivity index (χ0n) is 14.8. The summed E-state index contributed by atoms with van der Waals surface area (Å²) in [6.45, 7) is 5.63. The average Bonchev–Trinajstić information content (AvgIpc) is 2.43. The fourth-order valence-corrected chi connectivity index (χ4v) is 2.20. The van der Waals surface area contributed by atoms with Gasteiger partial charge in [-0.25, -0.2) is 4.79 Å². The van der Waals surface area contributed by atoms with Gasteiger partial charge < -0.3 is 9.59 Å². The number of aliphatic imine (C=N–C) groups is 1. The van der Waals surface area contributed by atoms with Crippen LogP contribution in [-0.4, -0.2) is 59.1 Å². The van der Waals surface area contributed by atoms with Gasteiger partial charge in [-0.1, -0.05) is 20.3 Å². The molecule has 0 unspecified atom stereocenters. The number of nitrogens with zero attached hydrogens (tertiary/aromatic N) is 3. The van der Waals surface area contributed by atoms with Gasteiger partial charge in [0.05, 0.1) is 39.9 Å². The summed E-state index contributed by atoms with van der Waals surface area (Å²) in [5, 5.41) is 10.4. The molecular formula is C16H29N4O3+. The zero-order chi connectivity index (χ0) is 17.6.